The van der Waals surface area contributed by atoms with E-state index in [-0.39, 0.29) is 0 Å². The van der Waals surface area contributed by atoms with Crippen molar-refractivity contribution in [2.24, 2.45) is 0 Å². The molecule has 1 aromatic carbocycles. The van der Waals surface area contributed by atoms with E-state index in [1.54, 1.807) is 7.11 Å². The molecule has 0 aliphatic rings. The first kappa shape index (κ1) is 6.14. The number of methoxy groups -OCH3 is 1. The molecule has 0 unspecified atom stereocenters. The van der Waals surface area contributed by atoms with Crippen molar-refractivity contribution >= 4 is 0 Å². The van der Waals surface area contributed by atoms with Crippen LogP contribution in [0.1, 0.15) is 5.56 Å². The van der Waals surface area contributed by atoms with Crippen molar-refractivity contribution in [1.82, 2.24) is 0 Å². The van der Waals surface area contributed by atoms with Crippen molar-refractivity contribution in [3.8, 4) is 5.75 Å². The van der Waals surface area contributed by atoms with Crippen LogP contribution in [0.3, 0.4) is 0 Å². The van der Waals surface area contributed by atoms with Crippen molar-refractivity contribution in [2.45, 2.75) is 6.92 Å². The highest BCUT2D eigenvalue weighted by Gasteiger charge is 1.91. The Balaban J connectivity index is 3.01. The summed E-state index contributed by atoms with van der Waals surface area (Å²) >= 11 is 0. The maximum atomic E-state index is 5.02. The van der Waals surface area contributed by atoms with Crippen LogP contribution in [0, 0.1) is 13.0 Å². The monoisotopic (exact) mass is 121 g/mol. The van der Waals surface area contributed by atoms with Crippen LogP contribution in [-0.2, 0) is 0 Å². The first-order valence-electron chi connectivity index (χ1n) is 2.85. The minimum atomic E-state index is 0.925. The van der Waals surface area contributed by atoms with Gasteiger partial charge in [0.1, 0.15) is 5.75 Å². The van der Waals surface area contributed by atoms with E-state index in [1.807, 2.05) is 25.1 Å². The Kier molecular flexibility index (Phi) is 1.73. The molecule has 9 heavy (non-hydrogen) atoms. The molecule has 0 bridgehead atoms. The molecule has 0 spiro atoms. The quantitative estimate of drug-likeness (QED) is 0.550. The summed E-state index contributed by atoms with van der Waals surface area (Å²) in [5, 5.41) is 0. The molecule has 1 rings (SSSR count). The third kappa shape index (κ3) is 1.22. The average molecular weight is 121 g/mol. The fourth-order valence-corrected chi connectivity index (χ4v) is 0.729. The Morgan fingerprint density at radius 1 is 1.56 bits per heavy atom. The molecule has 47 valence electrons. The largest absolute Gasteiger partial charge is 0.496 e. The number of benzene rings is 1. The molecule has 1 radical (unpaired) electrons. The second-order valence-corrected chi connectivity index (χ2v) is 1.90. The van der Waals surface area contributed by atoms with Crippen LogP contribution in [0.2, 0.25) is 0 Å². The van der Waals surface area contributed by atoms with E-state index in [0.29, 0.717) is 0 Å². The number of hydrogen-bond donors (Lipinski definition) is 0. The van der Waals surface area contributed by atoms with Gasteiger partial charge in [-0.1, -0.05) is 6.07 Å². The summed E-state index contributed by atoms with van der Waals surface area (Å²) in [7, 11) is 1.67. The third-order valence-corrected chi connectivity index (χ3v) is 1.24. The lowest BCUT2D eigenvalue weighted by Crippen LogP contribution is -1.84. The smallest absolute Gasteiger partial charge is 0.121 e. The summed E-state index contributed by atoms with van der Waals surface area (Å²) in [5.41, 5.74) is 1.12. The highest BCUT2D eigenvalue weighted by molar-refractivity contribution is 5.30. The SMILES string of the molecule is COc1cc[c]cc1C. The van der Waals surface area contributed by atoms with Gasteiger partial charge >= 0.3 is 0 Å². The molecule has 0 aliphatic heterocycles. The molecule has 0 heterocycles. The summed E-state index contributed by atoms with van der Waals surface area (Å²) in [6, 6.07) is 8.59. The lowest BCUT2D eigenvalue weighted by molar-refractivity contribution is 0.411. The minimum Gasteiger partial charge on any atom is -0.496 e. The van der Waals surface area contributed by atoms with Gasteiger partial charge in [0.05, 0.1) is 7.11 Å². The van der Waals surface area contributed by atoms with Gasteiger partial charge in [0.15, 0.2) is 0 Å². The molecule has 0 aromatic heterocycles. The van der Waals surface area contributed by atoms with Gasteiger partial charge in [-0.05, 0) is 30.7 Å². The first-order chi connectivity index (χ1) is 4.34. The van der Waals surface area contributed by atoms with Crippen molar-refractivity contribution in [3.63, 3.8) is 0 Å². The molecule has 1 heteroatoms. The molecule has 1 nitrogen and oxygen atoms in total. The fourth-order valence-electron chi connectivity index (χ4n) is 0.729. The Morgan fingerprint density at radius 3 is 2.78 bits per heavy atom. The molecular weight excluding hydrogens is 112 g/mol. The molecule has 1 aromatic rings. The second-order valence-electron chi connectivity index (χ2n) is 1.90. The maximum absolute atomic E-state index is 5.02. The van der Waals surface area contributed by atoms with Gasteiger partial charge in [-0.2, -0.15) is 0 Å². The third-order valence-electron chi connectivity index (χ3n) is 1.24. The summed E-state index contributed by atoms with van der Waals surface area (Å²) in [5.74, 6) is 0.925. The van der Waals surface area contributed by atoms with Crippen LogP contribution in [-0.4, -0.2) is 7.11 Å². The molecule has 0 aliphatic carbocycles. The lowest BCUT2D eigenvalue weighted by atomic mass is 10.2. The van der Waals surface area contributed by atoms with E-state index in [4.69, 9.17) is 4.74 Å². The maximum Gasteiger partial charge on any atom is 0.121 e. The van der Waals surface area contributed by atoms with Crippen LogP contribution in [0.15, 0.2) is 18.2 Å². The van der Waals surface area contributed by atoms with Crippen LogP contribution < -0.4 is 4.74 Å². The molecular formula is C8H9O. The highest BCUT2D eigenvalue weighted by atomic mass is 16.5. The Labute approximate surface area is 55.3 Å². The summed E-state index contributed by atoms with van der Waals surface area (Å²) in [6.07, 6.45) is 0. The van der Waals surface area contributed by atoms with E-state index < -0.39 is 0 Å². The predicted molar refractivity (Wildman–Crippen MR) is 36.6 cm³/mol. The summed E-state index contributed by atoms with van der Waals surface area (Å²) in [6.45, 7) is 2.00. The second kappa shape index (κ2) is 2.53. The number of ether oxygens (including phenoxy) is 1. The number of rotatable bonds is 1. The molecule has 0 amide bonds. The van der Waals surface area contributed by atoms with Crippen molar-refractivity contribution in [2.75, 3.05) is 7.11 Å². The van der Waals surface area contributed by atoms with Crippen LogP contribution >= 0.6 is 0 Å². The fraction of sp³-hybridized carbons (Fsp3) is 0.250. The lowest BCUT2D eigenvalue weighted by Gasteiger charge is -2.00. The topological polar surface area (TPSA) is 9.23 Å². The number of hydrogen-bond acceptors (Lipinski definition) is 1. The van der Waals surface area contributed by atoms with Gasteiger partial charge in [-0.3, -0.25) is 0 Å². The van der Waals surface area contributed by atoms with Crippen molar-refractivity contribution in [1.29, 1.82) is 0 Å². The molecule has 0 N–H and O–H groups in total. The zero-order valence-electron chi connectivity index (χ0n) is 5.64. The van der Waals surface area contributed by atoms with E-state index in [9.17, 15) is 0 Å². The van der Waals surface area contributed by atoms with Crippen LogP contribution in [0.25, 0.3) is 0 Å². The van der Waals surface area contributed by atoms with Crippen LogP contribution in [0.5, 0.6) is 5.75 Å². The van der Waals surface area contributed by atoms with Gasteiger partial charge in [-0.25, -0.2) is 0 Å². The Morgan fingerprint density at radius 2 is 2.33 bits per heavy atom. The zero-order valence-corrected chi connectivity index (χ0v) is 5.64. The van der Waals surface area contributed by atoms with Crippen molar-refractivity contribution in [3.05, 3.63) is 29.8 Å². The van der Waals surface area contributed by atoms with Crippen LogP contribution in [0.4, 0.5) is 0 Å². The Hall–Kier alpha value is -0.980. The van der Waals surface area contributed by atoms with E-state index >= 15 is 0 Å². The van der Waals surface area contributed by atoms with Gasteiger partial charge in [0.25, 0.3) is 0 Å². The van der Waals surface area contributed by atoms with Crippen molar-refractivity contribution < 1.29 is 4.74 Å². The first-order valence-corrected chi connectivity index (χ1v) is 2.85. The minimum absolute atomic E-state index is 0.925. The normalized spacial score (nSPS) is 9.11. The van der Waals surface area contributed by atoms with E-state index in [1.165, 1.54) is 0 Å². The van der Waals surface area contributed by atoms with E-state index in [0.717, 1.165) is 11.3 Å². The predicted octanol–water partition coefficient (Wildman–Crippen LogP) is 1.80. The molecule has 0 saturated heterocycles. The zero-order chi connectivity index (χ0) is 6.69. The standard InChI is InChI=1S/C8H9O/c1-7-5-3-4-6-8(7)9-2/h4-6H,1-2H3. The molecule has 0 saturated carbocycles. The average Bonchev–Trinajstić information content (AvgIpc) is 1.89. The van der Waals surface area contributed by atoms with Gasteiger partial charge in [0, 0.05) is 0 Å². The van der Waals surface area contributed by atoms with Gasteiger partial charge in [-0.15, -0.1) is 0 Å². The highest BCUT2D eigenvalue weighted by Crippen LogP contribution is 2.13. The Bertz CT molecular complexity index is 194. The van der Waals surface area contributed by atoms with E-state index in [2.05, 4.69) is 6.07 Å². The molecule has 0 fully saturated rings. The van der Waals surface area contributed by atoms with Gasteiger partial charge in [0.2, 0.25) is 0 Å². The van der Waals surface area contributed by atoms with Gasteiger partial charge < -0.3 is 4.74 Å². The molecule has 0 atom stereocenters. The number of aryl methyl sites for hydroxylation is 1. The summed E-state index contributed by atoms with van der Waals surface area (Å²) < 4.78 is 5.02. The summed E-state index contributed by atoms with van der Waals surface area (Å²) in [4.78, 5) is 0.